The van der Waals surface area contributed by atoms with Crippen LogP contribution in [0.5, 0.6) is 0 Å². The molecule has 35 heavy (non-hydrogen) atoms. The van der Waals surface area contributed by atoms with Crippen molar-refractivity contribution in [2.45, 2.75) is 26.8 Å². The molecule has 1 aliphatic rings. The normalized spacial score (nSPS) is 14.6. The monoisotopic (exact) mass is 464 g/mol. The van der Waals surface area contributed by atoms with Crippen molar-refractivity contribution in [3.63, 3.8) is 0 Å². The average Bonchev–Trinajstić information content (AvgIpc) is 2.87. The van der Waals surface area contributed by atoms with E-state index in [0.29, 0.717) is 13.1 Å². The fourth-order valence-electron chi connectivity index (χ4n) is 4.93. The summed E-state index contributed by atoms with van der Waals surface area (Å²) in [6.07, 6.45) is 1.55. The van der Waals surface area contributed by atoms with Crippen molar-refractivity contribution in [2.75, 3.05) is 31.5 Å². The zero-order valence-electron chi connectivity index (χ0n) is 20.7. The minimum atomic E-state index is -0.224. The zero-order chi connectivity index (χ0) is 24.8. The van der Waals surface area contributed by atoms with Crippen LogP contribution in [0.2, 0.25) is 0 Å². The molecule has 3 aromatic carbocycles. The van der Waals surface area contributed by atoms with Gasteiger partial charge in [0.2, 0.25) is 0 Å². The summed E-state index contributed by atoms with van der Waals surface area (Å²) in [7, 11) is 0. The molecule has 0 unspecified atom stereocenters. The fourth-order valence-corrected chi connectivity index (χ4v) is 4.93. The van der Waals surface area contributed by atoms with Crippen LogP contribution in [0.3, 0.4) is 0 Å². The van der Waals surface area contributed by atoms with E-state index in [1.165, 1.54) is 16.7 Å². The molecule has 0 aliphatic carbocycles. The van der Waals surface area contributed by atoms with Crippen LogP contribution >= 0.6 is 0 Å². The number of anilines is 1. The molecule has 1 saturated heterocycles. The number of nitriles is 1. The third kappa shape index (κ3) is 5.62. The van der Waals surface area contributed by atoms with Crippen molar-refractivity contribution < 1.29 is 4.79 Å². The summed E-state index contributed by atoms with van der Waals surface area (Å²) in [5.74, 6) is -0.224. The number of amides is 1. The lowest BCUT2D eigenvalue weighted by Gasteiger charge is -2.39. The number of piperazine rings is 1. The first-order chi connectivity index (χ1) is 17.0. The molecule has 3 aromatic rings. The van der Waals surface area contributed by atoms with Gasteiger partial charge in [0.15, 0.2) is 0 Å². The minimum Gasteiger partial charge on any atom is -0.360 e. The number of nitrogens with zero attached hydrogens (tertiary/aromatic N) is 3. The summed E-state index contributed by atoms with van der Waals surface area (Å²) in [5, 5.41) is 12.9. The van der Waals surface area contributed by atoms with Crippen LogP contribution in [-0.2, 0) is 4.79 Å². The highest BCUT2D eigenvalue weighted by molar-refractivity contribution is 5.97. The van der Waals surface area contributed by atoms with Crippen molar-refractivity contribution in [1.29, 1.82) is 5.26 Å². The van der Waals surface area contributed by atoms with E-state index in [2.05, 4.69) is 83.9 Å². The van der Waals surface area contributed by atoms with Gasteiger partial charge in [-0.15, -0.1) is 0 Å². The standard InChI is InChI=1S/C30H32N4O/c1-22-18-23(2)28(24(3)19-22)32-21-27(20-31)30(35)34-16-14-33(15-17-34)29(25-10-6-4-7-11-25)26-12-8-5-9-13-26/h4-13,18-19,21,29,32H,14-17H2,1-3H3/b27-21-. The van der Waals surface area contributed by atoms with Crippen LogP contribution in [-0.4, -0.2) is 41.9 Å². The number of carbonyl (C=O) groups is 1. The van der Waals surface area contributed by atoms with Crippen LogP contribution in [0.15, 0.2) is 84.6 Å². The summed E-state index contributed by atoms with van der Waals surface area (Å²) in [5.41, 5.74) is 6.91. The van der Waals surface area contributed by atoms with Crippen LogP contribution in [0.1, 0.15) is 33.9 Å². The molecule has 0 bridgehead atoms. The van der Waals surface area contributed by atoms with Gasteiger partial charge in [-0.2, -0.15) is 5.26 Å². The van der Waals surface area contributed by atoms with Gasteiger partial charge in [0, 0.05) is 38.1 Å². The second-order valence-electron chi connectivity index (χ2n) is 9.14. The van der Waals surface area contributed by atoms with E-state index >= 15 is 0 Å². The van der Waals surface area contributed by atoms with E-state index < -0.39 is 0 Å². The molecule has 1 fully saturated rings. The number of carbonyl (C=O) groups excluding carboxylic acids is 1. The van der Waals surface area contributed by atoms with Crippen molar-refractivity contribution in [3.8, 4) is 6.07 Å². The summed E-state index contributed by atoms with van der Waals surface area (Å²) >= 11 is 0. The van der Waals surface area contributed by atoms with Gasteiger partial charge < -0.3 is 10.2 Å². The van der Waals surface area contributed by atoms with Gasteiger partial charge in [0.1, 0.15) is 11.6 Å². The lowest BCUT2D eigenvalue weighted by atomic mass is 9.96. The number of hydrogen-bond acceptors (Lipinski definition) is 4. The molecule has 0 aromatic heterocycles. The molecule has 178 valence electrons. The van der Waals surface area contributed by atoms with Crippen molar-refractivity contribution in [2.24, 2.45) is 0 Å². The summed E-state index contributed by atoms with van der Waals surface area (Å²) in [6, 6.07) is 27.4. The highest BCUT2D eigenvalue weighted by Gasteiger charge is 2.29. The number of rotatable bonds is 6. The maximum atomic E-state index is 13.2. The first-order valence-electron chi connectivity index (χ1n) is 12.1. The quantitative estimate of drug-likeness (QED) is 0.394. The first kappa shape index (κ1) is 24.3. The van der Waals surface area contributed by atoms with E-state index in [0.717, 1.165) is 29.9 Å². The predicted octanol–water partition coefficient (Wildman–Crippen LogP) is 5.37. The summed E-state index contributed by atoms with van der Waals surface area (Å²) < 4.78 is 0. The summed E-state index contributed by atoms with van der Waals surface area (Å²) in [6.45, 7) is 8.75. The lowest BCUT2D eigenvalue weighted by Crippen LogP contribution is -2.50. The Morgan fingerprint density at radius 1 is 0.886 bits per heavy atom. The van der Waals surface area contributed by atoms with Gasteiger partial charge in [-0.1, -0.05) is 78.4 Å². The van der Waals surface area contributed by atoms with Crippen molar-refractivity contribution in [3.05, 3.63) is 112 Å². The Bertz CT molecular complexity index is 1170. The van der Waals surface area contributed by atoms with Crippen LogP contribution < -0.4 is 5.32 Å². The smallest absolute Gasteiger partial charge is 0.266 e. The second-order valence-corrected chi connectivity index (χ2v) is 9.14. The maximum absolute atomic E-state index is 13.2. The van der Waals surface area contributed by atoms with Gasteiger partial charge >= 0.3 is 0 Å². The van der Waals surface area contributed by atoms with Crippen LogP contribution in [0.25, 0.3) is 0 Å². The topological polar surface area (TPSA) is 59.4 Å². The SMILES string of the molecule is Cc1cc(C)c(N/C=C(/C#N)C(=O)N2CCN(C(c3ccccc3)c3ccccc3)CC2)c(C)c1. The lowest BCUT2D eigenvalue weighted by molar-refractivity contribution is -0.128. The number of benzene rings is 3. The Morgan fingerprint density at radius 3 is 1.89 bits per heavy atom. The van der Waals surface area contributed by atoms with Gasteiger partial charge in [-0.25, -0.2) is 0 Å². The molecule has 0 saturated carbocycles. The van der Waals surface area contributed by atoms with Gasteiger partial charge in [-0.05, 0) is 43.0 Å². The molecule has 4 rings (SSSR count). The van der Waals surface area contributed by atoms with E-state index in [9.17, 15) is 10.1 Å². The Labute approximate surface area is 208 Å². The zero-order valence-corrected chi connectivity index (χ0v) is 20.7. The Hall–Kier alpha value is -3.88. The predicted molar refractivity (Wildman–Crippen MR) is 141 cm³/mol. The molecule has 1 amide bonds. The number of aryl methyl sites for hydroxylation is 3. The molecule has 5 nitrogen and oxygen atoms in total. The van der Waals surface area contributed by atoms with Gasteiger partial charge in [0.25, 0.3) is 5.91 Å². The average molecular weight is 465 g/mol. The largest absolute Gasteiger partial charge is 0.360 e. The Kier molecular flexibility index (Phi) is 7.64. The van der Waals surface area contributed by atoms with Gasteiger partial charge in [-0.3, -0.25) is 9.69 Å². The fraction of sp³-hybridized carbons (Fsp3) is 0.267. The highest BCUT2D eigenvalue weighted by atomic mass is 16.2. The Balaban J connectivity index is 1.46. The molecule has 0 spiro atoms. The van der Waals surface area contributed by atoms with Crippen LogP contribution in [0.4, 0.5) is 5.69 Å². The molecule has 1 N–H and O–H groups in total. The van der Waals surface area contributed by atoms with E-state index in [4.69, 9.17) is 0 Å². The molecule has 0 atom stereocenters. The van der Waals surface area contributed by atoms with Gasteiger partial charge in [0.05, 0.1) is 6.04 Å². The third-order valence-electron chi connectivity index (χ3n) is 6.59. The Morgan fingerprint density at radius 2 is 1.40 bits per heavy atom. The van der Waals surface area contributed by atoms with E-state index in [1.807, 2.05) is 26.0 Å². The van der Waals surface area contributed by atoms with Crippen molar-refractivity contribution in [1.82, 2.24) is 9.80 Å². The molecular weight excluding hydrogens is 432 g/mol. The third-order valence-corrected chi connectivity index (χ3v) is 6.59. The van der Waals surface area contributed by atoms with E-state index in [1.54, 1.807) is 11.1 Å². The number of nitrogens with one attached hydrogen (secondary N) is 1. The minimum absolute atomic E-state index is 0.125. The molecule has 0 radical (unpaired) electrons. The number of hydrogen-bond donors (Lipinski definition) is 1. The van der Waals surface area contributed by atoms with E-state index in [-0.39, 0.29) is 17.5 Å². The second kappa shape index (κ2) is 11.0. The first-order valence-corrected chi connectivity index (χ1v) is 12.1. The highest BCUT2D eigenvalue weighted by Crippen LogP contribution is 2.29. The molecule has 1 aliphatic heterocycles. The summed E-state index contributed by atoms with van der Waals surface area (Å²) in [4.78, 5) is 17.4. The maximum Gasteiger partial charge on any atom is 0.266 e. The van der Waals surface area contributed by atoms with Crippen LogP contribution in [0, 0.1) is 32.1 Å². The molecular formula is C30H32N4O. The van der Waals surface area contributed by atoms with Crippen molar-refractivity contribution >= 4 is 11.6 Å². The molecule has 1 heterocycles. The molecule has 5 heteroatoms.